The number of carbonyl (C=O) groups is 2. The van der Waals surface area contributed by atoms with Crippen molar-refractivity contribution in [1.82, 2.24) is 15.1 Å². The van der Waals surface area contributed by atoms with Gasteiger partial charge in [0, 0.05) is 18.5 Å². The molecule has 0 aliphatic carbocycles. The Balaban J connectivity index is 2.28. The average Bonchev–Trinajstić information content (AvgIpc) is 2.69. The zero-order chi connectivity index (χ0) is 15.2. The Morgan fingerprint density at radius 2 is 2.15 bits per heavy atom. The molecule has 1 aromatic heterocycles. The number of aromatic nitrogens is 2. The maximum absolute atomic E-state index is 11.8. The molecule has 0 aromatic carbocycles. The van der Waals surface area contributed by atoms with E-state index in [0.717, 1.165) is 4.68 Å². The predicted molar refractivity (Wildman–Crippen MR) is 65.4 cm³/mol. The normalized spacial score (nSPS) is 11.2. The van der Waals surface area contributed by atoms with Gasteiger partial charge in [0.05, 0.1) is 11.9 Å². The molecule has 1 heterocycles. The molecule has 0 aliphatic heterocycles. The summed E-state index contributed by atoms with van der Waals surface area (Å²) in [6, 6.07) is -0.692. The number of halogens is 3. The van der Waals surface area contributed by atoms with Crippen LogP contribution in [0.2, 0.25) is 0 Å². The Morgan fingerprint density at radius 1 is 1.45 bits per heavy atom. The van der Waals surface area contributed by atoms with E-state index in [0.29, 0.717) is 0 Å². The number of alkyl halides is 3. The number of carbonyl (C=O) groups excluding carboxylic acids is 1. The smallest absolute Gasteiger partial charge is 0.441 e. The van der Waals surface area contributed by atoms with Crippen LogP contribution in [0.4, 0.5) is 23.7 Å². The minimum Gasteiger partial charge on any atom is -0.480 e. The van der Waals surface area contributed by atoms with Crippen molar-refractivity contribution in [3.05, 3.63) is 12.4 Å². The van der Waals surface area contributed by atoms with Crippen LogP contribution in [-0.2, 0) is 11.3 Å². The van der Waals surface area contributed by atoms with Gasteiger partial charge in [-0.3, -0.25) is 9.48 Å². The van der Waals surface area contributed by atoms with E-state index in [9.17, 15) is 22.8 Å². The van der Waals surface area contributed by atoms with Gasteiger partial charge in [0.2, 0.25) is 0 Å². The number of anilines is 1. The molecule has 0 fully saturated rings. The standard InChI is InChI=1S/C9H11F3N4O3S/c10-9(11,12)20-2-1-13-8(19)15-6-3-14-16(4-6)5-7(17)18/h3-4H,1-2,5H2,(H,17,18)(H2,13,15,19). The molecule has 11 heteroatoms. The van der Waals surface area contributed by atoms with Crippen LogP contribution in [0.3, 0.4) is 0 Å². The van der Waals surface area contributed by atoms with E-state index in [2.05, 4.69) is 15.7 Å². The van der Waals surface area contributed by atoms with Crippen LogP contribution < -0.4 is 10.6 Å². The lowest BCUT2D eigenvalue weighted by Gasteiger charge is -2.07. The molecule has 112 valence electrons. The van der Waals surface area contributed by atoms with Crippen LogP contribution in [0, 0.1) is 0 Å². The van der Waals surface area contributed by atoms with E-state index < -0.39 is 17.5 Å². The second kappa shape index (κ2) is 7.03. The average molecular weight is 312 g/mol. The number of aliphatic carboxylic acids is 1. The molecule has 2 amide bonds. The van der Waals surface area contributed by atoms with Crippen LogP contribution in [0.5, 0.6) is 0 Å². The van der Waals surface area contributed by atoms with Gasteiger partial charge in [-0.2, -0.15) is 18.3 Å². The first-order chi connectivity index (χ1) is 9.26. The van der Waals surface area contributed by atoms with Crippen molar-refractivity contribution in [2.24, 2.45) is 0 Å². The van der Waals surface area contributed by atoms with Crippen molar-refractivity contribution in [3.63, 3.8) is 0 Å². The number of nitrogens with zero attached hydrogens (tertiary/aromatic N) is 2. The summed E-state index contributed by atoms with van der Waals surface area (Å²) in [5.74, 6) is -1.39. The van der Waals surface area contributed by atoms with Gasteiger partial charge in [-0.05, 0) is 11.8 Å². The molecule has 7 nitrogen and oxygen atoms in total. The maximum atomic E-state index is 11.8. The first-order valence-electron chi connectivity index (χ1n) is 5.26. The largest absolute Gasteiger partial charge is 0.480 e. The molecule has 0 aliphatic rings. The van der Waals surface area contributed by atoms with Gasteiger partial charge in [-0.1, -0.05) is 0 Å². The minimum absolute atomic E-state index is 0.153. The van der Waals surface area contributed by atoms with E-state index in [1.165, 1.54) is 12.4 Å². The summed E-state index contributed by atoms with van der Waals surface area (Å²) in [5, 5.41) is 16.7. The summed E-state index contributed by atoms with van der Waals surface area (Å²) in [7, 11) is 0. The van der Waals surface area contributed by atoms with E-state index in [-0.39, 0.29) is 36.3 Å². The first kappa shape index (κ1) is 16.1. The molecule has 3 N–H and O–H groups in total. The number of carboxylic acid groups (broad SMARTS) is 1. The highest BCUT2D eigenvalue weighted by atomic mass is 32.2. The number of carboxylic acids is 1. The summed E-state index contributed by atoms with van der Waals surface area (Å²) in [5.41, 5.74) is -4.08. The molecule has 0 saturated carbocycles. The van der Waals surface area contributed by atoms with Crippen molar-refractivity contribution < 1.29 is 27.9 Å². The lowest BCUT2D eigenvalue weighted by Crippen LogP contribution is -2.30. The lowest BCUT2D eigenvalue weighted by molar-refractivity contribution is -0.137. The molecule has 20 heavy (non-hydrogen) atoms. The second-order valence-corrected chi connectivity index (χ2v) is 4.66. The Hall–Kier alpha value is -1.91. The number of amides is 2. The highest BCUT2D eigenvalue weighted by Crippen LogP contribution is 2.29. The fourth-order valence-electron chi connectivity index (χ4n) is 1.16. The van der Waals surface area contributed by atoms with Gasteiger partial charge in [-0.15, -0.1) is 0 Å². The highest BCUT2D eigenvalue weighted by molar-refractivity contribution is 8.00. The van der Waals surface area contributed by atoms with Gasteiger partial charge in [0.1, 0.15) is 6.54 Å². The van der Waals surface area contributed by atoms with E-state index >= 15 is 0 Å². The fraction of sp³-hybridized carbons (Fsp3) is 0.444. The van der Waals surface area contributed by atoms with Crippen molar-refractivity contribution >= 4 is 29.4 Å². The monoisotopic (exact) mass is 312 g/mol. The third kappa shape index (κ3) is 6.87. The molecule has 0 radical (unpaired) electrons. The van der Waals surface area contributed by atoms with Crippen LogP contribution in [0.25, 0.3) is 0 Å². The maximum Gasteiger partial charge on any atom is 0.441 e. The van der Waals surface area contributed by atoms with Crippen molar-refractivity contribution in [2.45, 2.75) is 12.1 Å². The molecular weight excluding hydrogens is 301 g/mol. The number of hydrogen-bond donors (Lipinski definition) is 3. The number of hydrogen-bond acceptors (Lipinski definition) is 4. The van der Waals surface area contributed by atoms with Gasteiger partial charge in [0.25, 0.3) is 0 Å². The topological polar surface area (TPSA) is 96.2 Å². The van der Waals surface area contributed by atoms with Gasteiger partial charge < -0.3 is 15.7 Å². The number of nitrogens with one attached hydrogen (secondary N) is 2. The SMILES string of the molecule is O=C(O)Cn1cc(NC(=O)NCCSC(F)(F)F)cn1. The second-order valence-electron chi connectivity index (χ2n) is 3.50. The number of urea groups is 1. The van der Waals surface area contributed by atoms with Gasteiger partial charge in [-0.25, -0.2) is 4.79 Å². The zero-order valence-corrected chi connectivity index (χ0v) is 10.8. The third-order valence-electron chi connectivity index (χ3n) is 1.84. The van der Waals surface area contributed by atoms with E-state index in [1.54, 1.807) is 0 Å². The number of thioether (sulfide) groups is 1. The third-order valence-corrected chi connectivity index (χ3v) is 2.58. The number of rotatable bonds is 6. The first-order valence-corrected chi connectivity index (χ1v) is 6.24. The van der Waals surface area contributed by atoms with Crippen molar-refractivity contribution in [3.8, 4) is 0 Å². The molecule has 0 atom stereocenters. The van der Waals surface area contributed by atoms with Crippen molar-refractivity contribution in [1.29, 1.82) is 0 Å². The van der Waals surface area contributed by atoms with Crippen LogP contribution in [0.1, 0.15) is 0 Å². The fourth-order valence-corrected chi connectivity index (χ4v) is 1.60. The Kier molecular flexibility index (Phi) is 5.67. The highest BCUT2D eigenvalue weighted by Gasteiger charge is 2.27. The summed E-state index contributed by atoms with van der Waals surface area (Å²) in [6.45, 7) is -0.509. The summed E-state index contributed by atoms with van der Waals surface area (Å²) >= 11 is -0.231. The molecule has 1 rings (SSSR count). The molecular formula is C9H11F3N4O3S. The molecule has 1 aromatic rings. The molecule has 0 spiro atoms. The summed E-state index contributed by atoms with van der Waals surface area (Å²) < 4.78 is 36.5. The summed E-state index contributed by atoms with van der Waals surface area (Å²) in [6.07, 6.45) is 2.52. The lowest BCUT2D eigenvalue weighted by atomic mass is 10.5. The van der Waals surface area contributed by atoms with Gasteiger partial charge in [0.15, 0.2) is 0 Å². The van der Waals surface area contributed by atoms with Crippen LogP contribution in [-0.4, -0.2) is 44.7 Å². The Morgan fingerprint density at radius 3 is 2.75 bits per heavy atom. The Bertz CT molecular complexity index is 477. The quantitative estimate of drug-likeness (QED) is 0.689. The molecule has 0 bridgehead atoms. The minimum atomic E-state index is -4.32. The van der Waals surface area contributed by atoms with E-state index in [1.807, 2.05) is 0 Å². The van der Waals surface area contributed by atoms with Crippen molar-refractivity contribution in [2.75, 3.05) is 17.6 Å². The molecule has 0 unspecified atom stereocenters. The van der Waals surface area contributed by atoms with Crippen LogP contribution >= 0.6 is 11.8 Å². The summed E-state index contributed by atoms with van der Waals surface area (Å²) in [4.78, 5) is 21.7. The predicted octanol–water partition coefficient (Wildman–Crippen LogP) is 1.34. The van der Waals surface area contributed by atoms with E-state index in [4.69, 9.17) is 5.11 Å². The zero-order valence-electron chi connectivity index (χ0n) is 9.98. The Labute approximate surface area is 115 Å². The van der Waals surface area contributed by atoms with Crippen LogP contribution in [0.15, 0.2) is 12.4 Å². The molecule has 0 saturated heterocycles. The van der Waals surface area contributed by atoms with Gasteiger partial charge >= 0.3 is 17.5 Å².